The highest BCUT2D eigenvalue weighted by molar-refractivity contribution is 5.95. The van der Waals surface area contributed by atoms with Crippen LogP contribution in [0.15, 0.2) is 48.7 Å². The van der Waals surface area contributed by atoms with Crippen LogP contribution < -0.4 is 15.4 Å². The molecule has 2 amide bonds. The lowest BCUT2D eigenvalue weighted by Gasteiger charge is -2.20. The van der Waals surface area contributed by atoms with Crippen LogP contribution in [0.1, 0.15) is 68.9 Å². The van der Waals surface area contributed by atoms with Crippen molar-refractivity contribution >= 4 is 11.8 Å². The number of rotatable bonds is 9. The van der Waals surface area contributed by atoms with Crippen LogP contribution in [-0.2, 0) is 23.7 Å². The van der Waals surface area contributed by atoms with Crippen molar-refractivity contribution in [1.82, 2.24) is 20.2 Å². The van der Waals surface area contributed by atoms with E-state index in [1.807, 2.05) is 51.4 Å². The molecule has 1 atom stereocenters. The second-order valence-corrected chi connectivity index (χ2v) is 10.8. The summed E-state index contributed by atoms with van der Waals surface area (Å²) < 4.78 is 7.71. The van der Waals surface area contributed by atoms with Crippen molar-refractivity contribution in [3.63, 3.8) is 0 Å². The molecule has 0 fully saturated rings. The third-order valence-corrected chi connectivity index (χ3v) is 5.94. The molecule has 2 aromatic carbocycles. The van der Waals surface area contributed by atoms with Gasteiger partial charge in [-0.3, -0.25) is 9.59 Å². The van der Waals surface area contributed by atoms with Crippen LogP contribution in [0.5, 0.6) is 5.75 Å². The van der Waals surface area contributed by atoms with Crippen LogP contribution in [-0.4, -0.2) is 40.1 Å². The molecule has 0 saturated heterocycles. The maximum Gasteiger partial charge on any atom is 0.251 e. The minimum Gasteiger partial charge on any atom is -0.490 e. The highest BCUT2D eigenvalue weighted by Crippen LogP contribution is 2.26. The van der Waals surface area contributed by atoms with E-state index in [4.69, 9.17) is 9.72 Å². The molecule has 8 heteroatoms. The molecule has 0 bridgehead atoms. The molecule has 200 valence electrons. The number of nitrogens with zero attached hydrogens (tertiary/aromatic N) is 3. The predicted octanol–water partition coefficient (Wildman–Crippen LogP) is 4.52. The van der Waals surface area contributed by atoms with E-state index in [0.29, 0.717) is 23.3 Å². The number of aryl methyl sites for hydroxylation is 1. The molecule has 1 aromatic heterocycles. The number of imidazole rings is 1. The molecule has 38 heavy (non-hydrogen) atoms. The van der Waals surface area contributed by atoms with Crippen LogP contribution in [0.2, 0.25) is 0 Å². The first kappa shape index (κ1) is 28.5. The van der Waals surface area contributed by atoms with Gasteiger partial charge in [0.05, 0.1) is 23.4 Å². The topological polar surface area (TPSA) is 109 Å². The number of aromatic nitrogens is 2. The Morgan fingerprint density at radius 1 is 1.13 bits per heavy atom. The number of hydrogen-bond donors (Lipinski definition) is 2. The van der Waals surface area contributed by atoms with Crippen molar-refractivity contribution in [1.29, 1.82) is 5.26 Å². The second kappa shape index (κ2) is 12.0. The molecular formula is C30H37N5O3. The van der Waals surface area contributed by atoms with Gasteiger partial charge in [0.2, 0.25) is 5.91 Å². The van der Waals surface area contributed by atoms with E-state index in [0.717, 1.165) is 22.6 Å². The van der Waals surface area contributed by atoms with Crippen molar-refractivity contribution in [2.24, 2.45) is 7.05 Å². The summed E-state index contributed by atoms with van der Waals surface area (Å²) in [6.07, 6.45) is 2.46. The first-order chi connectivity index (χ1) is 17.9. The first-order valence-electron chi connectivity index (χ1n) is 12.8. The van der Waals surface area contributed by atoms with Crippen LogP contribution in [0.4, 0.5) is 0 Å². The molecule has 0 spiro atoms. The Balaban J connectivity index is 1.76. The molecule has 0 radical (unpaired) electrons. The summed E-state index contributed by atoms with van der Waals surface area (Å²) >= 11 is 0. The molecule has 2 N–H and O–H groups in total. The van der Waals surface area contributed by atoms with Gasteiger partial charge in [-0.05, 0) is 44.0 Å². The van der Waals surface area contributed by atoms with E-state index in [9.17, 15) is 14.9 Å². The second-order valence-electron chi connectivity index (χ2n) is 10.8. The zero-order chi connectivity index (χ0) is 28.0. The van der Waals surface area contributed by atoms with Crippen molar-refractivity contribution in [3.05, 3.63) is 71.2 Å². The van der Waals surface area contributed by atoms with Gasteiger partial charge in [-0.1, -0.05) is 45.0 Å². The number of nitrogens with one attached hydrogen (secondary N) is 2. The smallest absolute Gasteiger partial charge is 0.251 e. The Morgan fingerprint density at radius 2 is 1.82 bits per heavy atom. The van der Waals surface area contributed by atoms with Gasteiger partial charge in [-0.2, -0.15) is 5.26 Å². The SMILES string of the molecule is CC(=O)NC[C@H](Cc1ccc(-c2cn(C)c(C(C)(C)C)n2)cc1)NC(=O)c1ccc(OC(C)C)c(C#N)c1. The molecule has 3 rings (SSSR count). The van der Waals surface area contributed by atoms with Gasteiger partial charge in [-0.15, -0.1) is 0 Å². The lowest BCUT2D eigenvalue weighted by Crippen LogP contribution is -2.44. The summed E-state index contributed by atoms with van der Waals surface area (Å²) in [5.74, 6) is 0.952. The van der Waals surface area contributed by atoms with Crippen LogP contribution >= 0.6 is 0 Å². The Bertz CT molecular complexity index is 1330. The summed E-state index contributed by atoms with van der Waals surface area (Å²) in [6, 6.07) is 14.6. The number of hydrogen-bond acceptors (Lipinski definition) is 5. The third-order valence-electron chi connectivity index (χ3n) is 5.94. The maximum absolute atomic E-state index is 13.1. The van der Waals surface area contributed by atoms with Gasteiger partial charge >= 0.3 is 0 Å². The predicted molar refractivity (Wildman–Crippen MR) is 148 cm³/mol. The van der Waals surface area contributed by atoms with E-state index < -0.39 is 0 Å². The third kappa shape index (κ3) is 7.45. The van der Waals surface area contributed by atoms with E-state index in [1.165, 1.54) is 13.0 Å². The van der Waals surface area contributed by atoms with Crippen LogP contribution in [0.3, 0.4) is 0 Å². The van der Waals surface area contributed by atoms with Gasteiger partial charge in [0.25, 0.3) is 5.91 Å². The van der Waals surface area contributed by atoms with Crippen LogP contribution in [0, 0.1) is 11.3 Å². The fraction of sp³-hybridized carbons (Fsp3) is 0.400. The fourth-order valence-corrected chi connectivity index (χ4v) is 4.22. The van der Waals surface area contributed by atoms with Crippen molar-refractivity contribution in [2.75, 3.05) is 6.54 Å². The minimum atomic E-state index is -0.350. The van der Waals surface area contributed by atoms with Gasteiger partial charge in [0.1, 0.15) is 17.6 Å². The van der Waals surface area contributed by atoms with Crippen molar-refractivity contribution in [3.8, 4) is 23.1 Å². The molecule has 0 saturated carbocycles. The fourth-order valence-electron chi connectivity index (χ4n) is 4.22. The van der Waals surface area contributed by atoms with Gasteiger partial charge in [0.15, 0.2) is 0 Å². The summed E-state index contributed by atoms with van der Waals surface area (Å²) in [7, 11) is 2.01. The molecule has 1 heterocycles. The highest BCUT2D eigenvalue weighted by atomic mass is 16.5. The number of ether oxygens (including phenoxy) is 1. The molecule has 8 nitrogen and oxygen atoms in total. The average molecular weight is 516 g/mol. The molecular weight excluding hydrogens is 478 g/mol. The number of nitriles is 1. The van der Waals surface area contributed by atoms with Crippen LogP contribution in [0.25, 0.3) is 11.3 Å². The maximum atomic E-state index is 13.1. The average Bonchev–Trinajstić information content (AvgIpc) is 3.25. The monoisotopic (exact) mass is 515 g/mol. The summed E-state index contributed by atoms with van der Waals surface area (Å²) in [6.45, 7) is 11.9. The zero-order valence-corrected chi connectivity index (χ0v) is 23.3. The first-order valence-corrected chi connectivity index (χ1v) is 12.8. The van der Waals surface area contributed by atoms with Crippen molar-refractivity contribution in [2.45, 2.75) is 65.5 Å². The normalized spacial score (nSPS) is 12.1. The Morgan fingerprint density at radius 3 is 2.37 bits per heavy atom. The van der Waals surface area contributed by atoms with Gasteiger partial charge in [-0.25, -0.2) is 4.98 Å². The number of amides is 2. The minimum absolute atomic E-state index is 0.0577. The van der Waals surface area contributed by atoms with Gasteiger partial charge < -0.3 is 19.9 Å². The molecule has 0 aliphatic carbocycles. The Hall–Kier alpha value is -4.12. The number of carbonyl (C=O) groups excluding carboxylic acids is 2. The van der Waals surface area contributed by atoms with E-state index >= 15 is 0 Å². The van der Waals surface area contributed by atoms with Crippen molar-refractivity contribution < 1.29 is 14.3 Å². The summed E-state index contributed by atoms with van der Waals surface area (Å²) in [5, 5.41) is 15.3. The number of benzene rings is 2. The zero-order valence-electron chi connectivity index (χ0n) is 23.3. The molecule has 0 aliphatic rings. The molecule has 0 aliphatic heterocycles. The standard InChI is InChI=1S/C30H37N5O3/c1-19(2)38-27-13-12-23(15-24(27)16-31)28(37)33-25(17-32-20(3)36)14-21-8-10-22(11-9-21)26-18-35(7)29(34-26)30(4,5)6/h8-13,15,18-19,25H,14,17H2,1-7H3,(H,32,36)(H,33,37)/t25-/m0/s1. The van der Waals surface area contributed by atoms with Gasteiger partial charge in [0, 0.05) is 43.3 Å². The van der Waals surface area contributed by atoms with E-state index in [-0.39, 0.29) is 35.9 Å². The number of carbonyl (C=O) groups is 2. The largest absolute Gasteiger partial charge is 0.490 e. The Kier molecular flexibility index (Phi) is 8.95. The van der Waals surface area contributed by atoms with E-state index in [1.54, 1.807) is 12.1 Å². The molecule has 3 aromatic rings. The highest BCUT2D eigenvalue weighted by Gasteiger charge is 2.21. The lowest BCUT2D eigenvalue weighted by atomic mass is 9.96. The van der Waals surface area contributed by atoms with E-state index in [2.05, 4.69) is 42.0 Å². The quantitative estimate of drug-likeness (QED) is 0.436. The molecule has 0 unspecified atom stereocenters. The lowest BCUT2D eigenvalue weighted by molar-refractivity contribution is -0.119. The summed E-state index contributed by atoms with van der Waals surface area (Å²) in [4.78, 5) is 29.5. The Labute approximate surface area is 225 Å². The summed E-state index contributed by atoms with van der Waals surface area (Å²) in [5.41, 5.74) is 3.52.